The fourth-order valence-corrected chi connectivity index (χ4v) is 4.69. The minimum atomic E-state index is -0.118. The number of hydrogen-bond acceptors (Lipinski definition) is 5. The summed E-state index contributed by atoms with van der Waals surface area (Å²) in [4.78, 5) is 27.6. The average Bonchev–Trinajstić information content (AvgIpc) is 3.07. The summed E-state index contributed by atoms with van der Waals surface area (Å²) in [7, 11) is 1.92. The van der Waals surface area contributed by atoms with E-state index in [0.29, 0.717) is 6.54 Å². The number of hydrogen-bond donors (Lipinski definition) is 1. The van der Waals surface area contributed by atoms with Crippen LogP contribution in [-0.4, -0.2) is 38.6 Å². The minimum absolute atomic E-state index is 0.0348. The maximum Gasteiger partial charge on any atom is 0.269 e. The largest absolute Gasteiger partial charge is 0.370 e. The van der Waals surface area contributed by atoms with Gasteiger partial charge in [0, 0.05) is 43.4 Å². The fourth-order valence-electron chi connectivity index (χ4n) is 4.69. The Morgan fingerprint density at radius 3 is 2.48 bits per heavy atom. The zero-order chi connectivity index (χ0) is 23.5. The molecule has 3 aromatic rings. The van der Waals surface area contributed by atoms with Gasteiger partial charge in [0.2, 0.25) is 5.91 Å². The molecular weight excluding hydrogens is 416 g/mol. The Labute approximate surface area is 194 Å². The molecule has 3 heterocycles. The van der Waals surface area contributed by atoms with Gasteiger partial charge in [-0.05, 0) is 39.2 Å². The number of rotatable bonds is 6. The van der Waals surface area contributed by atoms with Crippen LogP contribution in [0, 0.1) is 19.8 Å². The van der Waals surface area contributed by atoms with E-state index >= 15 is 0 Å². The topological polar surface area (TPSA) is 85.1 Å². The summed E-state index contributed by atoms with van der Waals surface area (Å²) < 4.78 is 3.33. The van der Waals surface area contributed by atoms with Gasteiger partial charge < -0.3 is 10.2 Å². The van der Waals surface area contributed by atoms with Gasteiger partial charge in [0.15, 0.2) is 0 Å². The second-order valence-electron chi connectivity index (χ2n) is 8.89. The molecule has 1 aliphatic rings. The molecule has 33 heavy (non-hydrogen) atoms. The van der Waals surface area contributed by atoms with Gasteiger partial charge in [-0.1, -0.05) is 30.3 Å². The summed E-state index contributed by atoms with van der Waals surface area (Å²) in [6.45, 7) is 7.92. The van der Waals surface area contributed by atoms with Crippen LogP contribution in [0.3, 0.4) is 0 Å². The van der Waals surface area contributed by atoms with Crippen molar-refractivity contribution in [3.63, 3.8) is 0 Å². The van der Waals surface area contributed by atoms with Crippen LogP contribution in [-0.2, 0) is 18.4 Å². The van der Waals surface area contributed by atoms with Crippen molar-refractivity contribution >= 4 is 11.6 Å². The molecule has 1 fully saturated rings. The van der Waals surface area contributed by atoms with Gasteiger partial charge >= 0.3 is 0 Å². The summed E-state index contributed by atoms with van der Waals surface area (Å²) >= 11 is 0. The van der Waals surface area contributed by atoms with E-state index < -0.39 is 0 Å². The zero-order valence-corrected chi connectivity index (χ0v) is 19.8. The lowest BCUT2D eigenvalue weighted by molar-refractivity contribution is -0.126. The first kappa shape index (κ1) is 22.8. The second kappa shape index (κ2) is 9.60. The first-order valence-corrected chi connectivity index (χ1v) is 11.5. The molecule has 1 saturated heterocycles. The van der Waals surface area contributed by atoms with E-state index in [2.05, 4.69) is 20.4 Å². The van der Waals surface area contributed by atoms with E-state index in [-0.39, 0.29) is 23.4 Å². The van der Waals surface area contributed by atoms with Crippen molar-refractivity contribution in [3.8, 4) is 0 Å². The van der Waals surface area contributed by atoms with Crippen LogP contribution >= 0.6 is 0 Å². The Balaban J connectivity index is 1.34. The van der Waals surface area contributed by atoms with Gasteiger partial charge in [0.1, 0.15) is 0 Å². The molecule has 0 bridgehead atoms. The third kappa shape index (κ3) is 4.99. The number of nitrogens with one attached hydrogen (secondary N) is 1. The molecule has 1 atom stereocenters. The lowest BCUT2D eigenvalue weighted by Crippen LogP contribution is -2.41. The molecule has 1 amide bonds. The Morgan fingerprint density at radius 1 is 1.18 bits per heavy atom. The van der Waals surface area contributed by atoms with Crippen LogP contribution in [0.15, 0.2) is 47.4 Å². The molecule has 1 aromatic carbocycles. The van der Waals surface area contributed by atoms with Crippen molar-refractivity contribution in [2.24, 2.45) is 13.0 Å². The van der Waals surface area contributed by atoms with Crippen molar-refractivity contribution in [1.29, 1.82) is 0 Å². The van der Waals surface area contributed by atoms with E-state index in [4.69, 9.17) is 0 Å². The van der Waals surface area contributed by atoms with Crippen molar-refractivity contribution in [2.75, 3.05) is 18.0 Å². The molecule has 4 rings (SSSR count). The van der Waals surface area contributed by atoms with Gasteiger partial charge in [0.05, 0.1) is 30.2 Å². The predicted molar refractivity (Wildman–Crippen MR) is 128 cm³/mol. The second-order valence-corrected chi connectivity index (χ2v) is 8.89. The first-order valence-electron chi connectivity index (χ1n) is 11.5. The van der Waals surface area contributed by atoms with Crippen LogP contribution in [0.4, 0.5) is 5.69 Å². The molecule has 0 aliphatic carbocycles. The Hall–Kier alpha value is -3.42. The van der Waals surface area contributed by atoms with E-state index in [0.717, 1.165) is 54.1 Å². The monoisotopic (exact) mass is 448 g/mol. The SMILES string of the molecule is Cc1nn(C)c(C)c1[C@@H](C)NC(=O)C1CCN(c2cnn(Cc3ccccc3)c(=O)c2)CC1. The van der Waals surface area contributed by atoms with Crippen molar-refractivity contribution < 1.29 is 4.79 Å². The maximum absolute atomic E-state index is 12.9. The fraction of sp³-hybridized carbons (Fsp3) is 0.440. The molecule has 8 heteroatoms. The Bertz CT molecular complexity index is 1180. The van der Waals surface area contributed by atoms with Crippen molar-refractivity contribution in [3.05, 3.63) is 75.5 Å². The normalized spacial score (nSPS) is 15.5. The number of carbonyl (C=O) groups excluding carboxylic acids is 1. The highest BCUT2D eigenvalue weighted by Gasteiger charge is 2.27. The van der Waals surface area contributed by atoms with Crippen molar-refractivity contribution in [2.45, 2.75) is 46.2 Å². The average molecular weight is 449 g/mol. The summed E-state index contributed by atoms with van der Waals surface area (Å²) in [6.07, 6.45) is 3.24. The quantitative estimate of drug-likeness (QED) is 0.627. The molecule has 174 valence electrons. The lowest BCUT2D eigenvalue weighted by Gasteiger charge is -2.33. The highest BCUT2D eigenvalue weighted by atomic mass is 16.2. The zero-order valence-electron chi connectivity index (χ0n) is 19.8. The standard InChI is InChI=1S/C25H32N6O2/c1-17(24-18(2)28-29(4)19(24)3)27-25(33)21-10-12-30(13-11-21)22-14-23(32)31(26-15-22)16-20-8-6-5-7-9-20/h5-9,14-15,17,21H,10-13,16H2,1-4H3,(H,27,33)/t17-/m1/s1. The van der Waals surface area contributed by atoms with Gasteiger partial charge in [-0.25, -0.2) is 4.68 Å². The number of aryl methyl sites for hydroxylation is 2. The van der Waals surface area contributed by atoms with Gasteiger partial charge in [0.25, 0.3) is 5.56 Å². The van der Waals surface area contributed by atoms with Gasteiger partial charge in [-0.2, -0.15) is 10.2 Å². The lowest BCUT2D eigenvalue weighted by atomic mass is 9.94. The number of anilines is 1. The third-order valence-corrected chi connectivity index (χ3v) is 6.62. The molecule has 8 nitrogen and oxygen atoms in total. The number of benzene rings is 1. The Kier molecular flexibility index (Phi) is 6.62. The smallest absolute Gasteiger partial charge is 0.269 e. The van der Waals surface area contributed by atoms with Crippen LogP contribution in [0.1, 0.15) is 48.3 Å². The van der Waals surface area contributed by atoms with Gasteiger partial charge in [-0.3, -0.25) is 14.3 Å². The summed E-state index contributed by atoms with van der Waals surface area (Å²) in [5, 5.41) is 12.0. The number of nitrogens with zero attached hydrogens (tertiary/aromatic N) is 5. The maximum atomic E-state index is 12.9. The summed E-state index contributed by atoms with van der Waals surface area (Å²) in [5.74, 6) is 0.0496. The van der Waals surface area contributed by atoms with Crippen LogP contribution < -0.4 is 15.8 Å². The molecule has 1 N–H and O–H groups in total. The summed E-state index contributed by atoms with van der Waals surface area (Å²) in [5.41, 5.74) is 4.85. The Morgan fingerprint density at radius 2 is 1.88 bits per heavy atom. The number of amides is 1. The minimum Gasteiger partial charge on any atom is -0.370 e. The first-order chi connectivity index (χ1) is 15.8. The molecule has 0 unspecified atom stereocenters. The molecule has 0 spiro atoms. The number of carbonyl (C=O) groups is 1. The molecule has 2 aromatic heterocycles. The van der Waals surface area contributed by atoms with Crippen molar-refractivity contribution in [1.82, 2.24) is 24.9 Å². The highest BCUT2D eigenvalue weighted by Crippen LogP contribution is 2.25. The number of piperidine rings is 1. The molecule has 0 saturated carbocycles. The van der Waals surface area contributed by atoms with E-state index in [9.17, 15) is 9.59 Å². The predicted octanol–water partition coefficient (Wildman–Crippen LogP) is 2.74. The highest BCUT2D eigenvalue weighted by molar-refractivity contribution is 5.79. The van der Waals surface area contributed by atoms with Crippen LogP contribution in [0.5, 0.6) is 0 Å². The summed E-state index contributed by atoms with van der Waals surface area (Å²) in [6, 6.07) is 11.4. The van der Waals surface area contributed by atoms with Crippen LogP contribution in [0.2, 0.25) is 0 Å². The van der Waals surface area contributed by atoms with Gasteiger partial charge in [-0.15, -0.1) is 0 Å². The molecule has 0 radical (unpaired) electrons. The van der Waals surface area contributed by atoms with E-state index in [1.165, 1.54) is 4.68 Å². The number of aromatic nitrogens is 4. The van der Waals surface area contributed by atoms with Crippen LogP contribution in [0.25, 0.3) is 0 Å². The van der Waals surface area contributed by atoms with E-state index in [1.807, 2.05) is 62.8 Å². The third-order valence-electron chi connectivity index (χ3n) is 6.62. The molecular formula is C25H32N6O2. The molecule has 1 aliphatic heterocycles. The van der Waals surface area contributed by atoms with E-state index in [1.54, 1.807) is 12.3 Å².